The Labute approximate surface area is 126 Å². The first kappa shape index (κ1) is 14.4. The number of fused-ring (bicyclic) bond motifs is 1. The van der Waals surface area contributed by atoms with Crippen LogP contribution < -0.4 is 15.5 Å². The van der Waals surface area contributed by atoms with E-state index >= 15 is 0 Å². The van der Waals surface area contributed by atoms with Crippen molar-refractivity contribution in [2.24, 2.45) is 0 Å². The second-order valence-corrected chi connectivity index (χ2v) is 5.91. The fourth-order valence-corrected chi connectivity index (χ4v) is 3.43. The SMILES string of the molecule is CCN1CCN(c2ccc3c(c2)NC(=O)C3NC)CC1C. The molecular formula is C16H24N4O. The first-order valence-electron chi connectivity index (χ1n) is 7.75. The van der Waals surface area contributed by atoms with Crippen molar-refractivity contribution >= 4 is 17.3 Å². The van der Waals surface area contributed by atoms with Gasteiger partial charge in [0.15, 0.2) is 0 Å². The van der Waals surface area contributed by atoms with Crippen molar-refractivity contribution in [3.63, 3.8) is 0 Å². The first-order chi connectivity index (χ1) is 10.1. The van der Waals surface area contributed by atoms with E-state index in [2.05, 4.69) is 52.5 Å². The maximum Gasteiger partial charge on any atom is 0.246 e. The maximum atomic E-state index is 11.9. The lowest BCUT2D eigenvalue weighted by molar-refractivity contribution is -0.117. The number of hydrogen-bond acceptors (Lipinski definition) is 4. The Morgan fingerprint density at radius 1 is 1.38 bits per heavy atom. The van der Waals surface area contributed by atoms with Gasteiger partial charge in [-0.15, -0.1) is 0 Å². The molecule has 0 saturated carbocycles. The standard InChI is InChI=1S/C16H24N4O/c1-4-19-7-8-20(10-11(19)2)12-5-6-13-14(9-12)18-16(21)15(13)17-3/h5-6,9,11,15,17H,4,7-8,10H2,1-3H3,(H,18,21). The van der Waals surface area contributed by atoms with E-state index in [0.29, 0.717) is 6.04 Å². The molecule has 2 unspecified atom stereocenters. The monoisotopic (exact) mass is 288 g/mol. The van der Waals surface area contributed by atoms with Crippen molar-refractivity contribution in [1.82, 2.24) is 10.2 Å². The average Bonchev–Trinajstić information content (AvgIpc) is 2.81. The van der Waals surface area contributed by atoms with Gasteiger partial charge in [-0.3, -0.25) is 9.69 Å². The van der Waals surface area contributed by atoms with Crippen molar-refractivity contribution in [2.45, 2.75) is 25.9 Å². The Balaban J connectivity index is 1.80. The number of nitrogens with zero attached hydrogens (tertiary/aromatic N) is 2. The van der Waals surface area contributed by atoms with E-state index in [4.69, 9.17) is 0 Å². The van der Waals surface area contributed by atoms with Crippen LogP contribution in [-0.4, -0.2) is 50.1 Å². The summed E-state index contributed by atoms with van der Waals surface area (Å²) in [6.45, 7) is 8.78. The Morgan fingerprint density at radius 2 is 2.19 bits per heavy atom. The quantitative estimate of drug-likeness (QED) is 0.883. The van der Waals surface area contributed by atoms with E-state index in [0.717, 1.165) is 37.4 Å². The highest BCUT2D eigenvalue weighted by atomic mass is 16.2. The summed E-state index contributed by atoms with van der Waals surface area (Å²) < 4.78 is 0. The lowest BCUT2D eigenvalue weighted by atomic mass is 10.1. The predicted molar refractivity (Wildman–Crippen MR) is 85.8 cm³/mol. The minimum absolute atomic E-state index is 0.0359. The molecule has 0 radical (unpaired) electrons. The van der Waals surface area contributed by atoms with Gasteiger partial charge in [-0.25, -0.2) is 0 Å². The molecule has 1 fully saturated rings. The summed E-state index contributed by atoms with van der Waals surface area (Å²) in [5, 5.41) is 6.03. The van der Waals surface area contributed by atoms with E-state index < -0.39 is 0 Å². The first-order valence-corrected chi connectivity index (χ1v) is 7.75. The van der Waals surface area contributed by atoms with E-state index in [9.17, 15) is 4.79 Å². The number of hydrogen-bond donors (Lipinski definition) is 2. The molecule has 3 rings (SSSR count). The van der Waals surface area contributed by atoms with Crippen molar-refractivity contribution in [2.75, 3.05) is 43.4 Å². The molecular weight excluding hydrogens is 264 g/mol. The number of carbonyl (C=O) groups excluding carboxylic acids is 1. The summed E-state index contributed by atoms with van der Waals surface area (Å²) in [5.41, 5.74) is 3.20. The second kappa shape index (κ2) is 5.66. The smallest absolute Gasteiger partial charge is 0.246 e. The molecule has 2 aliphatic heterocycles. The average molecular weight is 288 g/mol. The summed E-state index contributed by atoms with van der Waals surface area (Å²) in [4.78, 5) is 16.8. The molecule has 1 aromatic carbocycles. The zero-order valence-electron chi connectivity index (χ0n) is 13.0. The fraction of sp³-hybridized carbons (Fsp3) is 0.562. The summed E-state index contributed by atoms with van der Waals surface area (Å²) in [5.74, 6) is 0.0359. The molecule has 21 heavy (non-hydrogen) atoms. The van der Waals surface area contributed by atoms with E-state index in [1.807, 2.05) is 7.05 Å². The van der Waals surface area contributed by atoms with Crippen molar-refractivity contribution < 1.29 is 4.79 Å². The van der Waals surface area contributed by atoms with Crippen molar-refractivity contribution in [3.8, 4) is 0 Å². The zero-order valence-corrected chi connectivity index (χ0v) is 13.0. The summed E-state index contributed by atoms with van der Waals surface area (Å²) in [6.07, 6.45) is 0. The molecule has 1 aromatic rings. The van der Waals surface area contributed by atoms with Crippen LogP contribution in [0.5, 0.6) is 0 Å². The zero-order chi connectivity index (χ0) is 15.0. The number of rotatable bonds is 3. The highest BCUT2D eigenvalue weighted by Gasteiger charge is 2.30. The normalized spacial score (nSPS) is 25.9. The molecule has 2 atom stereocenters. The van der Waals surface area contributed by atoms with Crippen LogP contribution in [0.25, 0.3) is 0 Å². The van der Waals surface area contributed by atoms with Crippen LogP contribution in [0, 0.1) is 0 Å². The van der Waals surface area contributed by atoms with Gasteiger partial charge in [-0.1, -0.05) is 13.0 Å². The molecule has 2 aliphatic rings. The molecule has 0 aliphatic carbocycles. The van der Waals surface area contributed by atoms with Crippen LogP contribution >= 0.6 is 0 Å². The highest BCUT2D eigenvalue weighted by Crippen LogP contribution is 2.34. The van der Waals surface area contributed by atoms with Crippen LogP contribution in [-0.2, 0) is 4.79 Å². The highest BCUT2D eigenvalue weighted by molar-refractivity contribution is 6.03. The van der Waals surface area contributed by atoms with Gasteiger partial charge in [0.25, 0.3) is 0 Å². The van der Waals surface area contributed by atoms with Gasteiger partial charge >= 0.3 is 0 Å². The Bertz CT molecular complexity index is 545. The molecule has 2 N–H and O–H groups in total. The van der Waals surface area contributed by atoms with Crippen LogP contribution in [0.1, 0.15) is 25.5 Å². The van der Waals surface area contributed by atoms with Gasteiger partial charge in [0.2, 0.25) is 5.91 Å². The molecule has 0 aromatic heterocycles. The second-order valence-electron chi connectivity index (χ2n) is 5.91. The number of carbonyl (C=O) groups is 1. The predicted octanol–water partition coefficient (Wildman–Crippen LogP) is 1.43. The van der Waals surface area contributed by atoms with Crippen molar-refractivity contribution in [1.29, 1.82) is 0 Å². The minimum atomic E-state index is -0.218. The summed E-state index contributed by atoms with van der Waals surface area (Å²) >= 11 is 0. The topological polar surface area (TPSA) is 47.6 Å². The van der Waals surface area contributed by atoms with E-state index in [1.165, 1.54) is 5.69 Å². The molecule has 5 nitrogen and oxygen atoms in total. The summed E-state index contributed by atoms with van der Waals surface area (Å²) in [6, 6.07) is 6.67. The minimum Gasteiger partial charge on any atom is -0.369 e. The maximum absolute atomic E-state index is 11.9. The van der Waals surface area contributed by atoms with E-state index in [1.54, 1.807) is 0 Å². The lowest BCUT2D eigenvalue weighted by Crippen LogP contribution is -2.51. The van der Waals surface area contributed by atoms with Gasteiger partial charge in [0, 0.05) is 42.6 Å². The van der Waals surface area contributed by atoms with Crippen LogP contribution in [0.15, 0.2) is 18.2 Å². The van der Waals surface area contributed by atoms with Gasteiger partial charge in [0.1, 0.15) is 6.04 Å². The van der Waals surface area contributed by atoms with Crippen LogP contribution in [0.2, 0.25) is 0 Å². The molecule has 0 bridgehead atoms. The third-order valence-corrected chi connectivity index (χ3v) is 4.69. The number of nitrogens with one attached hydrogen (secondary N) is 2. The van der Waals surface area contributed by atoms with Gasteiger partial charge in [0.05, 0.1) is 0 Å². The van der Waals surface area contributed by atoms with Gasteiger partial charge in [-0.2, -0.15) is 0 Å². The largest absolute Gasteiger partial charge is 0.369 e. The van der Waals surface area contributed by atoms with Crippen molar-refractivity contribution in [3.05, 3.63) is 23.8 Å². The number of amides is 1. The molecule has 1 saturated heterocycles. The Kier molecular flexibility index (Phi) is 3.87. The number of likely N-dealkylation sites (N-methyl/N-ethyl adjacent to an activating group) is 2. The van der Waals surface area contributed by atoms with Crippen LogP contribution in [0.4, 0.5) is 11.4 Å². The van der Waals surface area contributed by atoms with Gasteiger partial charge in [-0.05, 0) is 32.6 Å². The number of piperazine rings is 1. The van der Waals surface area contributed by atoms with E-state index in [-0.39, 0.29) is 11.9 Å². The summed E-state index contributed by atoms with van der Waals surface area (Å²) in [7, 11) is 1.82. The number of anilines is 2. The van der Waals surface area contributed by atoms with Gasteiger partial charge < -0.3 is 15.5 Å². The van der Waals surface area contributed by atoms with Crippen LogP contribution in [0.3, 0.4) is 0 Å². The Morgan fingerprint density at radius 3 is 2.86 bits per heavy atom. The molecule has 2 heterocycles. The molecule has 1 amide bonds. The fourth-order valence-electron chi connectivity index (χ4n) is 3.43. The lowest BCUT2D eigenvalue weighted by Gasteiger charge is -2.40. The molecule has 0 spiro atoms. The molecule has 114 valence electrons. The third kappa shape index (κ3) is 2.51. The third-order valence-electron chi connectivity index (χ3n) is 4.69. The molecule has 5 heteroatoms. The number of benzene rings is 1. The Hall–Kier alpha value is -1.59.